The Kier molecular flexibility index (Phi) is 4.51. The molecular formula is C15H11ClN4O6S. The van der Waals surface area contributed by atoms with Crippen molar-refractivity contribution in [2.24, 2.45) is 5.14 Å². The van der Waals surface area contributed by atoms with Crippen molar-refractivity contribution in [2.45, 2.75) is 4.90 Å². The standard InChI is InChI=1S/C15H11ClN4O6S/c16-9-3-1-7(6-12(9)27(17,25)26)13(21)19-20-11-4-2-8(14(22)23)5-10(11)18-15(20)24/h1-6H,(H,18,24)(H,19,21)(H,22,23)(H2,17,25,26). The second-order valence-electron chi connectivity index (χ2n) is 5.43. The average molecular weight is 411 g/mol. The van der Waals surface area contributed by atoms with Gasteiger partial charge < -0.3 is 10.1 Å². The fraction of sp³-hybridized carbons (Fsp3) is 0. The number of carboxylic acid groups (broad SMARTS) is 1. The van der Waals surface area contributed by atoms with E-state index < -0.39 is 32.5 Å². The lowest BCUT2D eigenvalue weighted by molar-refractivity contribution is 0.0696. The minimum Gasteiger partial charge on any atom is -0.478 e. The molecule has 27 heavy (non-hydrogen) atoms. The van der Waals surface area contributed by atoms with Gasteiger partial charge in [0.25, 0.3) is 5.91 Å². The van der Waals surface area contributed by atoms with Gasteiger partial charge in [0.2, 0.25) is 10.0 Å². The van der Waals surface area contributed by atoms with E-state index in [9.17, 15) is 22.8 Å². The van der Waals surface area contributed by atoms with Gasteiger partial charge in [-0.2, -0.15) is 0 Å². The van der Waals surface area contributed by atoms with E-state index in [2.05, 4.69) is 10.4 Å². The molecule has 0 saturated heterocycles. The second-order valence-corrected chi connectivity index (χ2v) is 7.37. The van der Waals surface area contributed by atoms with Crippen LogP contribution in [-0.4, -0.2) is 35.1 Å². The van der Waals surface area contributed by atoms with Crippen molar-refractivity contribution in [1.29, 1.82) is 0 Å². The van der Waals surface area contributed by atoms with Gasteiger partial charge in [-0.05, 0) is 36.4 Å². The van der Waals surface area contributed by atoms with E-state index in [0.717, 1.165) is 10.7 Å². The maximum atomic E-state index is 12.4. The summed E-state index contributed by atoms with van der Waals surface area (Å²) in [7, 11) is -4.15. The summed E-state index contributed by atoms with van der Waals surface area (Å²) in [6.45, 7) is 0. The quantitative estimate of drug-likeness (QED) is 0.494. The molecule has 0 aliphatic rings. The smallest absolute Gasteiger partial charge is 0.345 e. The van der Waals surface area contributed by atoms with Crippen LogP contribution in [0, 0.1) is 0 Å². The molecule has 0 unspecified atom stereocenters. The van der Waals surface area contributed by atoms with Crippen molar-refractivity contribution < 1.29 is 23.1 Å². The minimum absolute atomic E-state index is 0.0438. The first-order valence-electron chi connectivity index (χ1n) is 7.20. The summed E-state index contributed by atoms with van der Waals surface area (Å²) in [4.78, 5) is 37.5. The Balaban J connectivity index is 2.01. The van der Waals surface area contributed by atoms with E-state index in [-0.39, 0.29) is 27.2 Å². The molecule has 140 valence electrons. The summed E-state index contributed by atoms with van der Waals surface area (Å²) < 4.78 is 23.9. The molecule has 2 aromatic carbocycles. The normalized spacial score (nSPS) is 11.5. The van der Waals surface area contributed by atoms with Crippen LogP contribution >= 0.6 is 11.6 Å². The van der Waals surface area contributed by atoms with E-state index in [1.54, 1.807) is 0 Å². The van der Waals surface area contributed by atoms with Crippen LogP contribution in [0.5, 0.6) is 0 Å². The molecule has 0 bridgehead atoms. The number of aromatic carboxylic acids is 1. The molecule has 3 rings (SSSR count). The highest BCUT2D eigenvalue weighted by atomic mass is 35.5. The highest BCUT2D eigenvalue weighted by Crippen LogP contribution is 2.21. The molecule has 1 heterocycles. The van der Waals surface area contributed by atoms with E-state index in [1.165, 1.54) is 30.3 Å². The summed E-state index contributed by atoms with van der Waals surface area (Å²) >= 11 is 5.77. The molecule has 3 aromatic rings. The van der Waals surface area contributed by atoms with Crippen LogP contribution in [0.15, 0.2) is 46.1 Å². The number of aromatic amines is 1. The predicted molar refractivity (Wildman–Crippen MR) is 96.0 cm³/mol. The molecular weight excluding hydrogens is 400 g/mol. The maximum Gasteiger partial charge on any atom is 0.345 e. The van der Waals surface area contributed by atoms with Crippen LogP contribution in [0.4, 0.5) is 0 Å². The second kappa shape index (κ2) is 6.54. The molecule has 1 amide bonds. The fourth-order valence-corrected chi connectivity index (χ4v) is 3.46. The van der Waals surface area contributed by atoms with Gasteiger partial charge >= 0.3 is 11.7 Å². The third-order valence-corrected chi connectivity index (χ3v) is 5.03. The van der Waals surface area contributed by atoms with Crippen molar-refractivity contribution in [3.63, 3.8) is 0 Å². The Hall–Kier alpha value is -3.15. The van der Waals surface area contributed by atoms with Crippen molar-refractivity contribution in [2.75, 3.05) is 5.43 Å². The van der Waals surface area contributed by atoms with E-state index in [0.29, 0.717) is 0 Å². The van der Waals surface area contributed by atoms with Crippen LogP contribution in [0.2, 0.25) is 5.02 Å². The maximum absolute atomic E-state index is 12.4. The summed E-state index contributed by atoms with van der Waals surface area (Å²) in [5.74, 6) is -1.98. The molecule has 5 N–H and O–H groups in total. The zero-order valence-electron chi connectivity index (χ0n) is 13.3. The van der Waals surface area contributed by atoms with Crippen molar-refractivity contribution in [3.8, 4) is 0 Å². The molecule has 10 nitrogen and oxygen atoms in total. The average Bonchev–Trinajstić information content (AvgIpc) is 2.89. The van der Waals surface area contributed by atoms with E-state index in [1.807, 2.05) is 0 Å². The first-order valence-corrected chi connectivity index (χ1v) is 9.12. The van der Waals surface area contributed by atoms with E-state index >= 15 is 0 Å². The molecule has 0 atom stereocenters. The monoisotopic (exact) mass is 410 g/mol. The third-order valence-electron chi connectivity index (χ3n) is 3.64. The molecule has 0 fully saturated rings. The zero-order valence-corrected chi connectivity index (χ0v) is 14.8. The molecule has 0 spiro atoms. The van der Waals surface area contributed by atoms with Gasteiger partial charge in [0.15, 0.2) is 0 Å². The Labute approximate surface area is 156 Å². The number of amides is 1. The number of imidazole rings is 1. The van der Waals surface area contributed by atoms with Crippen molar-refractivity contribution in [1.82, 2.24) is 9.66 Å². The number of benzene rings is 2. The number of rotatable bonds is 4. The lowest BCUT2D eigenvalue weighted by Gasteiger charge is -2.08. The number of primary sulfonamides is 1. The minimum atomic E-state index is -4.15. The summed E-state index contributed by atoms with van der Waals surface area (Å²) in [5, 5.41) is 13.9. The largest absolute Gasteiger partial charge is 0.478 e. The highest BCUT2D eigenvalue weighted by molar-refractivity contribution is 7.89. The number of sulfonamides is 1. The van der Waals surface area contributed by atoms with E-state index in [4.69, 9.17) is 21.8 Å². The number of nitrogens with one attached hydrogen (secondary N) is 2. The van der Waals surface area contributed by atoms with Gasteiger partial charge in [-0.15, -0.1) is 0 Å². The number of H-pyrrole nitrogens is 1. The summed E-state index contributed by atoms with van der Waals surface area (Å²) in [6.07, 6.45) is 0. The highest BCUT2D eigenvalue weighted by Gasteiger charge is 2.18. The molecule has 12 heteroatoms. The lowest BCUT2D eigenvalue weighted by Crippen LogP contribution is -2.31. The fourth-order valence-electron chi connectivity index (χ4n) is 2.38. The number of fused-ring (bicyclic) bond motifs is 1. The van der Waals surface area contributed by atoms with Crippen LogP contribution in [0.25, 0.3) is 11.0 Å². The Morgan fingerprint density at radius 3 is 2.44 bits per heavy atom. The number of nitrogens with two attached hydrogens (primary N) is 1. The molecule has 0 aliphatic heterocycles. The number of aromatic nitrogens is 2. The summed E-state index contributed by atoms with van der Waals surface area (Å²) in [5.41, 5.74) is 1.85. The Morgan fingerprint density at radius 1 is 1.15 bits per heavy atom. The third kappa shape index (κ3) is 3.56. The number of carbonyl (C=O) groups is 2. The van der Waals surface area contributed by atoms with Gasteiger partial charge in [0.1, 0.15) is 4.90 Å². The van der Waals surface area contributed by atoms with Crippen LogP contribution in [-0.2, 0) is 10.0 Å². The Morgan fingerprint density at radius 2 is 1.81 bits per heavy atom. The number of nitrogens with zero attached hydrogens (tertiary/aromatic N) is 1. The molecule has 0 radical (unpaired) electrons. The van der Waals surface area contributed by atoms with Gasteiger partial charge in [-0.3, -0.25) is 10.2 Å². The first kappa shape index (κ1) is 18.6. The van der Waals surface area contributed by atoms with Crippen molar-refractivity contribution >= 4 is 44.5 Å². The van der Waals surface area contributed by atoms with Crippen molar-refractivity contribution in [3.05, 3.63) is 63.0 Å². The molecule has 1 aromatic heterocycles. The van der Waals surface area contributed by atoms with Crippen LogP contribution in [0.1, 0.15) is 20.7 Å². The molecule has 0 saturated carbocycles. The Bertz CT molecular complexity index is 1260. The van der Waals surface area contributed by atoms with Gasteiger partial charge in [0, 0.05) is 5.56 Å². The number of halogens is 1. The van der Waals surface area contributed by atoms with Gasteiger partial charge in [-0.25, -0.2) is 27.8 Å². The van der Waals surface area contributed by atoms with Gasteiger partial charge in [-0.1, -0.05) is 11.6 Å². The topological polar surface area (TPSA) is 164 Å². The summed E-state index contributed by atoms with van der Waals surface area (Å²) in [6, 6.07) is 7.28. The zero-order chi connectivity index (χ0) is 19.9. The first-order chi connectivity index (χ1) is 12.6. The number of hydrogen-bond donors (Lipinski definition) is 4. The van der Waals surface area contributed by atoms with Gasteiger partial charge in [0.05, 0.1) is 21.6 Å². The number of carbonyl (C=O) groups excluding carboxylic acids is 1. The van der Waals surface area contributed by atoms with Crippen LogP contribution in [0.3, 0.4) is 0 Å². The van der Waals surface area contributed by atoms with Crippen LogP contribution < -0.4 is 16.3 Å². The number of hydrogen-bond acceptors (Lipinski definition) is 5. The lowest BCUT2D eigenvalue weighted by atomic mass is 10.2. The SMILES string of the molecule is NS(=O)(=O)c1cc(C(=O)Nn2c(=O)[nH]c3cc(C(=O)O)ccc32)ccc1Cl. The molecule has 0 aliphatic carbocycles. The number of carboxylic acids is 1. The predicted octanol–water partition coefficient (Wildman–Crippen LogP) is 0.713.